The van der Waals surface area contributed by atoms with Crippen molar-refractivity contribution in [2.75, 3.05) is 12.0 Å². The van der Waals surface area contributed by atoms with Gasteiger partial charge in [-0.2, -0.15) is 5.10 Å². The molecule has 0 bridgehead atoms. The van der Waals surface area contributed by atoms with E-state index in [0.29, 0.717) is 24.3 Å². The van der Waals surface area contributed by atoms with Crippen molar-refractivity contribution in [3.05, 3.63) is 59.8 Å². The molecule has 7 nitrogen and oxygen atoms in total. The van der Waals surface area contributed by atoms with Gasteiger partial charge in [-0.15, -0.1) is 0 Å². The van der Waals surface area contributed by atoms with Gasteiger partial charge in [-0.1, -0.05) is 30.3 Å². The van der Waals surface area contributed by atoms with Gasteiger partial charge in [0, 0.05) is 17.6 Å². The Balaban J connectivity index is 1.83. The van der Waals surface area contributed by atoms with E-state index >= 15 is 0 Å². The summed E-state index contributed by atoms with van der Waals surface area (Å²) in [6.07, 6.45) is 2.10. The lowest BCUT2D eigenvalue weighted by Crippen LogP contribution is -2.41. The highest BCUT2D eigenvalue weighted by Gasteiger charge is 2.26. The summed E-state index contributed by atoms with van der Waals surface area (Å²) in [6.45, 7) is 4.06. The summed E-state index contributed by atoms with van der Waals surface area (Å²) in [4.78, 5) is 24.3. The molecule has 0 atom stereocenters. The molecule has 4 N–H and O–H groups in total. The van der Waals surface area contributed by atoms with E-state index in [1.54, 1.807) is 18.2 Å². The van der Waals surface area contributed by atoms with Crippen molar-refractivity contribution in [2.24, 2.45) is 5.73 Å². The summed E-state index contributed by atoms with van der Waals surface area (Å²) in [6, 6.07) is 14.1. The number of carbonyl (C=O) groups excluding carboxylic acids is 2. The average Bonchev–Trinajstić information content (AvgIpc) is 3.10. The first kappa shape index (κ1) is 22.3. The Hall–Kier alpha value is -3.42. The molecule has 0 saturated heterocycles. The number of halogens is 1. The van der Waals surface area contributed by atoms with Crippen LogP contribution in [0, 0.1) is 0 Å². The minimum absolute atomic E-state index is 0.294. The van der Waals surface area contributed by atoms with E-state index < -0.39 is 11.6 Å². The monoisotopic (exact) mass is 425 g/mol. The minimum Gasteiger partial charge on any atom is -0.351 e. The number of carbonyl (C=O) groups is 2. The first-order chi connectivity index (χ1) is 14.8. The summed E-state index contributed by atoms with van der Waals surface area (Å²) in [5.41, 5.74) is 7.05. The fraction of sp³-hybridized carbons (Fsp3) is 0.348. The standard InChI is InChI=1S/C23H28FN5O2/c1-23(2,16-9-8-10-17(15-16)26-22(25)31)27-21(30)20-18-11-4-5-12-19(18)29(28-20)14-7-3-6-13-24/h4-5,8-12,15H,3,6-7,13-14H2,1-2H3,(H,27,30)(H3,25,26,31). The van der Waals surface area contributed by atoms with Gasteiger partial charge in [-0.25, -0.2) is 4.79 Å². The van der Waals surface area contributed by atoms with E-state index in [1.807, 2.05) is 48.9 Å². The van der Waals surface area contributed by atoms with Crippen LogP contribution < -0.4 is 16.4 Å². The van der Waals surface area contributed by atoms with Crippen LogP contribution in [0.15, 0.2) is 48.5 Å². The molecule has 3 aromatic rings. The summed E-state index contributed by atoms with van der Waals surface area (Å²) in [7, 11) is 0. The predicted molar refractivity (Wildman–Crippen MR) is 120 cm³/mol. The third-order valence-corrected chi connectivity index (χ3v) is 5.15. The summed E-state index contributed by atoms with van der Waals surface area (Å²) >= 11 is 0. The molecule has 0 spiro atoms. The number of nitrogens with two attached hydrogens (primary N) is 1. The number of alkyl halides is 1. The van der Waals surface area contributed by atoms with Crippen LogP contribution in [0.4, 0.5) is 14.9 Å². The highest BCUT2D eigenvalue weighted by molar-refractivity contribution is 6.05. The van der Waals surface area contributed by atoms with Crippen LogP contribution in [0.5, 0.6) is 0 Å². The van der Waals surface area contributed by atoms with E-state index in [1.165, 1.54) is 0 Å². The average molecular weight is 426 g/mol. The van der Waals surface area contributed by atoms with Crippen LogP contribution in [-0.2, 0) is 12.1 Å². The predicted octanol–water partition coefficient (Wildman–Crippen LogP) is 4.33. The number of nitrogens with one attached hydrogen (secondary N) is 2. The zero-order chi connectivity index (χ0) is 22.4. The van der Waals surface area contributed by atoms with Crippen molar-refractivity contribution in [1.29, 1.82) is 0 Å². The van der Waals surface area contributed by atoms with Crippen molar-refractivity contribution in [1.82, 2.24) is 15.1 Å². The number of hydrogen-bond acceptors (Lipinski definition) is 3. The van der Waals surface area contributed by atoms with Crippen molar-refractivity contribution in [3.63, 3.8) is 0 Å². The highest BCUT2D eigenvalue weighted by atomic mass is 19.1. The van der Waals surface area contributed by atoms with Crippen LogP contribution in [0.25, 0.3) is 10.9 Å². The van der Waals surface area contributed by atoms with Gasteiger partial charge in [0.25, 0.3) is 5.91 Å². The summed E-state index contributed by atoms with van der Waals surface area (Å²) in [5.74, 6) is -0.294. The number of amides is 3. The number of unbranched alkanes of at least 4 members (excludes halogenated alkanes) is 2. The van der Waals surface area contributed by atoms with E-state index in [9.17, 15) is 14.0 Å². The third-order valence-electron chi connectivity index (χ3n) is 5.15. The van der Waals surface area contributed by atoms with E-state index in [2.05, 4.69) is 15.7 Å². The SMILES string of the molecule is CC(C)(NC(=O)c1nn(CCCCCF)c2ccccc12)c1cccc(NC(N)=O)c1. The minimum atomic E-state index is -0.724. The van der Waals surface area contributed by atoms with E-state index in [0.717, 1.165) is 29.3 Å². The lowest BCUT2D eigenvalue weighted by atomic mass is 9.93. The number of urea groups is 1. The quantitative estimate of drug-likeness (QED) is 0.445. The lowest BCUT2D eigenvalue weighted by molar-refractivity contribution is 0.0907. The Kier molecular flexibility index (Phi) is 6.89. The smallest absolute Gasteiger partial charge is 0.316 e. The molecular weight excluding hydrogens is 397 g/mol. The largest absolute Gasteiger partial charge is 0.351 e. The van der Waals surface area contributed by atoms with Gasteiger partial charge >= 0.3 is 6.03 Å². The fourth-order valence-corrected chi connectivity index (χ4v) is 3.54. The van der Waals surface area contributed by atoms with Crippen LogP contribution >= 0.6 is 0 Å². The second-order valence-corrected chi connectivity index (χ2v) is 7.99. The summed E-state index contributed by atoms with van der Waals surface area (Å²) in [5, 5.41) is 10.9. The topological polar surface area (TPSA) is 102 Å². The molecule has 164 valence electrons. The second kappa shape index (κ2) is 9.59. The first-order valence-corrected chi connectivity index (χ1v) is 10.3. The molecule has 31 heavy (non-hydrogen) atoms. The fourth-order valence-electron chi connectivity index (χ4n) is 3.54. The van der Waals surface area contributed by atoms with Crippen LogP contribution in [0.2, 0.25) is 0 Å². The van der Waals surface area contributed by atoms with Gasteiger partial charge in [-0.3, -0.25) is 13.9 Å². The van der Waals surface area contributed by atoms with Gasteiger partial charge in [0.2, 0.25) is 0 Å². The number of fused-ring (bicyclic) bond motifs is 1. The summed E-state index contributed by atoms with van der Waals surface area (Å²) < 4.78 is 14.2. The highest BCUT2D eigenvalue weighted by Crippen LogP contribution is 2.25. The zero-order valence-electron chi connectivity index (χ0n) is 17.8. The first-order valence-electron chi connectivity index (χ1n) is 10.3. The number of benzene rings is 2. The van der Waals surface area contributed by atoms with Gasteiger partial charge in [-0.05, 0) is 56.9 Å². The Morgan fingerprint density at radius 1 is 1.10 bits per heavy atom. The Bertz CT molecular complexity index is 1080. The molecule has 3 amide bonds. The van der Waals surface area contributed by atoms with Gasteiger partial charge in [0.1, 0.15) is 0 Å². The molecule has 0 aliphatic rings. The van der Waals surface area contributed by atoms with Crippen LogP contribution in [-0.4, -0.2) is 28.4 Å². The normalized spacial score (nSPS) is 11.5. The van der Waals surface area contributed by atoms with Gasteiger partial charge < -0.3 is 16.4 Å². The number of anilines is 1. The number of aromatic nitrogens is 2. The number of nitrogens with zero attached hydrogens (tertiary/aromatic N) is 2. The van der Waals surface area contributed by atoms with Crippen molar-refractivity contribution >= 4 is 28.5 Å². The molecule has 0 aliphatic heterocycles. The van der Waals surface area contributed by atoms with Crippen LogP contribution in [0.1, 0.15) is 49.2 Å². The Morgan fingerprint density at radius 2 is 1.87 bits per heavy atom. The maximum atomic E-state index is 13.2. The molecule has 0 unspecified atom stereocenters. The molecule has 0 radical (unpaired) electrons. The maximum absolute atomic E-state index is 13.2. The Labute approximate surface area is 180 Å². The zero-order valence-corrected chi connectivity index (χ0v) is 17.8. The van der Waals surface area contributed by atoms with Gasteiger partial charge in [0.15, 0.2) is 5.69 Å². The number of para-hydroxylation sites is 1. The van der Waals surface area contributed by atoms with E-state index in [-0.39, 0.29) is 12.6 Å². The maximum Gasteiger partial charge on any atom is 0.316 e. The molecule has 2 aromatic carbocycles. The molecular formula is C23H28FN5O2. The van der Waals surface area contributed by atoms with E-state index in [4.69, 9.17) is 5.73 Å². The van der Waals surface area contributed by atoms with Crippen molar-refractivity contribution < 1.29 is 14.0 Å². The lowest BCUT2D eigenvalue weighted by Gasteiger charge is -2.27. The molecule has 1 heterocycles. The number of aryl methyl sites for hydroxylation is 1. The third kappa shape index (κ3) is 5.39. The second-order valence-electron chi connectivity index (χ2n) is 7.99. The number of hydrogen-bond donors (Lipinski definition) is 3. The molecule has 1 aromatic heterocycles. The molecule has 0 saturated carbocycles. The molecule has 0 aliphatic carbocycles. The Morgan fingerprint density at radius 3 is 2.61 bits per heavy atom. The number of primary amides is 1. The van der Waals surface area contributed by atoms with Gasteiger partial charge in [0.05, 0.1) is 17.7 Å². The molecule has 8 heteroatoms. The molecule has 3 rings (SSSR count). The number of rotatable bonds is 9. The van der Waals surface area contributed by atoms with Crippen molar-refractivity contribution in [3.8, 4) is 0 Å². The molecule has 0 fully saturated rings. The van der Waals surface area contributed by atoms with Crippen LogP contribution in [0.3, 0.4) is 0 Å². The van der Waals surface area contributed by atoms with Crippen molar-refractivity contribution in [2.45, 2.75) is 45.2 Å².